The van der Waals surface area contributed by atoms with Crippen LogP contribution in [0.3, 0.4) is 0 Å². The Bertz CT molecular complexity index is 942. The first-order valence-electron chi connectivity index (χ1n) is 9.20. The van der Waals surface area contributed by atoms with Crippen molar-refractivity contribution in [1.82, 2.24) is 0 Å². The molecule has 0 amide bonds. The molecule has 0 saturated carbocycles. The molecule has 1 unspecified atom stereocenters. The fourth-order valence-electron chi connectivity index (χ4n) is 4.22. The summed E-state index contributed by atoms with van der Waals surface area (Å²) in [5.41, 5.74) is 4.00. The first-order chi connectivity index (χ1) is 12.2. The number of carbonyl (C=O) groups excluding carboxylic acids is 1. The van der Waals surface area contributed by atoms with Crippen LogP contribution in [0.15, 0.2) is 47.7 Å². The van der Waals surface area contributed by atoms with Gasteiger partial charge in [-0.2, -0.15) is 0 Å². The molecule has 0 aromatic heterocycles. The summed E-state index contributed by atoms with van der Waals surface area (Å²) >= 11 is 1.76. The Hall–Kier alpha value is -1.94. The molecule has 136 valence electrons. The Kier molecular flexibility index (Phi) is 3.88. The second-order valence-corrected chi connectivity index (χ2v) is 10.5. The highest BCUT2D eigenvalue weighted by Gasteiger charge is 2.44. The fraction of sp³-hybridized carbons (Fsp3) is 0.409. The quantitative estimate of drug-likeness (QED) is 0.597. The average Bonchev–Trinajstić information content (AvgIpc) is 2.66. The molecular formula is C22H26N2OS. The normalized spacial score (nSPS) is 26.8. The van der Waals surface area contributed by atoms with E-state index in [2.05, 4.69) is 74.7 Å². The Balaban J connectivity index is 1.91. The van der Waals surface area contributed by atoms with Crippen LogP contribution in [0.2, 0.25) is 0 Å². The lowest BCUT2D eigenvalue weighted by Gasteiger charge is -2.28. The molecule has 26 heavy (non-hydrogen) atoms. The molecule has 0 radical (unpaired) electrons. The molecule has 2 aromatic rings. The SMILES string of the molecule is CC1SC(C)(C)/C(=C2\CC(C)(C)Nc3cc4ccccc4cc3N2)C1=O. The lowest BCUT2D eigenvalue weighted by Crippen LogP contribution is -2.32. The van der Waals surface area contributed by atoms with Gasteiger partial charge in [0.25, 0.3) is 0 Å². The summed E-state index contributed by atoms with van der Waals surface area (Å²) in [5.74, 6) is 0.266. The molecule has 0 spiro atoms. The van der Waals surface area contributed by atoms with Crippen LogP contribution in [0.4, 0.5) is 11.4 Å². The number of rotatable bonds is 0. The van der Waals surface area contributed by atoms with Crippen LogP contribution in [-0.4, -0.2) is 21.3 Å². The van der Waals surface area contributed by atoms with Gasteiger partial charge in [-0.25, -0.2) is 0 Å². The van der Waals surface area contributed by atoms with Gasteiger partial charge < -0.3 is 10.6 Å². The number of benzene rings is 2. The van der Waals surface area contributed by atoms with Gasteiger partial charge in [0.2, 0.25) is 0 Å². The minimum absolute atomic E-state index is 0.0182. The standard InChI is InChI=1S/C22H26N2OS/c1-13-20(25)19(22(4,5)26-13)18-12-21(2,3)24-17-11-15-9-7-6-8-14(15)10-16(17)23-18/h6-11,13,23-24H,12H2,1-5H3/b19-18+. The maximum absolute atomic E-state index is 12.9. The third-order valence-corrected chi connectivity index (χ3v) is 6.62. The lowest BCUT2D eigenvalue weighted by atomic mass is 9.89. The summed E-state index contributed by atoms with van der Waals surface area (Å²) in [4.78, 5) is 12.9. The molecule has 4 rings (SSSR count). The van der Waals surface area contributed by atoms with Crippen LogP contribution >= 0.6 is 11.8 Å². The van der Waals surface area contributed by atoms with E-state index >= 15 is 0 Å². The van der Waals surface area contributed by atoms with Gasteiger partial charge in [0.15, 0.2) is 5.78 Å². The Morgan fingerprint density at radius 1 is 1.04 bits per heavy atom. The van der Waals surface area contributed by atoms with Crippen molar-refractivity contribution < 1.29 is 4.79 Å². The van der Waals surface area contributed by atoms with Crippen LogP contribution in [-0.2, 0) is 4.79 Å². The smallest absolute Gasteiger partial charge is 0.174 e. The first-order valence-corrected chi connectivity index (χ1v) is 10.1. The summed E-state index contributed by atoms with van der Waals surface area (Å²) in [6, 6.07) is 12.8. The summed E-state index contributed by atoms with van der Waals surface area (Å²) in [5, 5.41) is 9.75. The number of Topliss-reactive ketones (excluding diaryl/α,β-unsaturated/α-hetero) is 1. The van der Waals surface area contributed by atoms with Crippen molar-refractivity contribution in [1.29, 1.82) is 0 Å². The van der Waals surface area contributed by atoms with Crippen LogP contribution in [0, 0.1) is 0 Å². The molecule has 2 aromatic carbocycles. The fourth-order valence-corrected chi connectivity index (χ4v) is 5.67. The number of ketones is 1. The number of anilines is 2. The van der Waals surface area contributed by atoms with E-state index in [0.29, 0.717) is 0 Å². The molecule has 2 aliphatic rings. The molecular weight excluding hydrogens is 340 g/mol. The second-order valence-electron chi connectivity index (χ2n) is 8.54. The number of carbonyl (C=O) groups is 1. The Morgan fingerprint density at radius 3 is 2.23 bits per heavy atom. The van der Waals surface area contributed by atoms with Gasteiger partial charge in [-0.05, 0) is 57.5 Å². The minimum atomic E-state index is -0.170. The Labute approximate surface area is 159 Å². The zero-order chi connectivity index (χ0) is 18.7. The number of hydrogen-bond donors (Lipinski definition) is 2. The van der Waals surface area contributed by atoms with Crippen LogP contribution < -0.4 is 10.6 Å². The maximum Gasteiger partial charge on any atom is 0.174 e. The summed E-state index contributed by atoms with van der Waals surface area (Å²) in [6.45, 7) is 10.7. The van der Waals surface area contributed by atoms with E-state index in [-0.39, 0.29) is 21.3 Å². The van der Waals surface area contributed by atoms with Gasteiger partial charge in [-0.15, -0.1) is 11.8 Å². The van der Waals surface area contributed by atoms with Crippen LogP contribution in [0.25, 0.3) is 10.8 Å². The van der Waals surface area contributed by atoms with Crippen molar-refractivity contribution in [2.45, 2.75) is 56.6 Å². The van der Waals surface area contributed by atoms with E-state index < -0.39 is 0 Å². The van der Waals surface area contributed by atoms with Gasteiger partial charge in [0.1, 0.15) is 0 Å². The molecule has 2 N–H and O–H groups in total. The zero-order valence-corrected chi connectivity index (χ0v) is 16.9. The highest BCUT2D eigenvalue weighted by atomic mass is 32.2. The van der Waals surface area contributed by atoms with E-state index in [1.54, 1.807) is 11.8 Å². The van der Waals surface area contributed by atoms with Crippen LogP contribution in [0.5, 0.6) is 0 Å². The third kappa shape index (κ3) is 2.90. The summed E-state index contributed by atoms with van der Waals surface area (Å²) in [7, 11) is 0. The van der Waals surface area contributed by atoms with Crippen molar-refractivity contribution in [2.24, 2.45) is 0 Å². The predicted molar refractivity (Wildman–Crippen MR) is 113 cm³/mol. The van der Waals surface area contributed by atoms with Crippen LogP contribution in [0.1, 0.15) is 41.0 Å². The van der Waals surface area contributed by atoms with Gasteiger partial charge in [-0.1, -0.05) is 24.3 Å². The lowest BCUT2D eigenvalue weighted by molar-refractivity contribution is -0.114. The molecule has 2 heterocycles. The maximum atomic E-state index is 12.9. The predicted octanol–water partition coefficient (Wildman–Crippen LogP) is 5.58. The largest absolute Gasteiger partial charge is 0.378 e. The molecule has 0 bridgehead atoms. The van der Waals surface area contributed by atoms with E-state index in [1.165, 1.54) is 10.8 Å². The van der Waals surface area contributed by atoms with Gasteiger partial charge in [-0.3, -0.25) is 4.79 Å². The molecule has 0 aliphatic carbocycles. The summed E-state index contributed by atoms with van der Waals surface area (Å²) in [6.07, 6.45) is 0.788. The number of fused-ring (bicyclic) bond motifs is 2. The average molecular weight is 367 g/mol. The van der Waals surface area contributed by atoms with Crippen molar-refractivity contribution in [3.63, 3.8) is 0 Å². The second kappa shape index (κ2) is 5.78. The van der Waals surface area contributed by atoms with E-state index in [1.807, 2.05) is 6.92 Å². The molecule has 1 atom stereocenters. The topological polar surface area (TPSA) is 41.1 Å². The van der Waals surface area contributed by atoms with E-state index in [9.17, 15) is 4.79 Å². The monoisotopic (exact) mass is 366 g/mol. The molecule has 2 aliphatic heterocycles. The van der Waals surface area contributed by atoms with Crippen molar-refractivity contribution in [3.05, 3.63) is 47.7 Å². The van der Waals surface area contributed by atoms with Crippen molar-refractivity contribution >= 4 is 39.7 Å². The summed E-state index contributed by atoms with van der Waals surface area (Å²) < 4.78 is -0.170. The minimum Gasteiger partial charge on any atom is -0.378 e. The molecule has 1 saturated heterocycles. The number of hydrogen-bond acceptors (Lipinski definition) is 4. The van der Waals surface area contributed by atoms with Crippen molar-refractivity contribution in [3.8, 4) is 0 Å². The van der Waals surface area contributed by atoms with Crippen molar-refractivity contribution in [2.75, 3.05) is 10.6 Å². The Morgan fingerprint density at radius 2 is 1.65 bits per heavy atom. The van der Waals surface area contributed by atoms with Gasteiger partial charge >= 0.3 is 0 Å². The van der Waals surface area contributed by atoms with Gasteiger partial charge in [0.05, 0.1) is 16.6 Å². The van der Waals surface area contributed by atoms with E-state index in [4.69, 9.17) is 0 Å². The highest BCUT2D eigenvalue weighted by molar-refractivity contribution is 8.02. The van der Waals surface area contributed by atoms with Gasteiger partial charge in [0, 0.05) is 28.0 Å². The number of thioether (sulfide) groups is 1. The molecule has 3 nitrogen and oxygen atoms in total. The molecule has 4 heteroatoms. The van der Waals surface area contributed by atoms with E-state index in [0.717, 1.165) is 29.1 Å². The first kappa shape index (κ1) is 17.5. The highest BCUT2D eigenvalue weighted by Crippen LogP contribution is 2.48. The molecule has 1 fully saturated rings. The third-order valence-electron chi connectivity index (χ3n) is 5.25. The number of nitrogens with one attached hydrogen (secondary N) is 2. The zero-order valence-electron chi connectivity index (χ0n) is 16.1.